The molecule has 1 heterocycles. The van der Waals surface area contributed by atoms with Crippen LogP contribution in [0, 0.1) is 5.41 Å². The molecule has 2 N–H and O–H groups in total. The van der Waals surface area contributed by atoms with Gasteiger partial charge in [-0.3, -0.25) is 4.79 Å². The second-order valence-electron chi connectivity index (χ2n) is 4.03. The summed E-state index contributed by atoms with van der Waals surface area (Å²) in [6, 6.07) is 7.83. The Bertz CT molecular complexity index is 578. The van der Waals surface area contributed by atoms with Gasteiger partial charge in [0.2, 0.25) is 0 Å². The number of aromatic nitrogens is 1. The lowest BCUT2D eigenvalue weighted by atomic mass is 10.1. The third kappa shape index (κ3) is 3.58. The van der Waals surface area contributed by atoms with Gasteiger partial charge >= 0.3 is 5.97 Å². The lowest BCUT2D eigenvalue weighted by molar-refractivity contribution is -0.142. The number of hydrogen-bond donors (Lipinski definition) is 2. The largest absolute Gasteiger partial charge is 0.466 e. The molecule has 0 fully saturated rings. The Labute approximate surface area is 118 Å². The molecule has 0 saturated heterocycles. The number of carbonyl (C=O) groups excluding carboxylic acids is 1. The van der Waals surface area contributed by atoms with Crippen molar-refractivity contribution < 1.29 is 9.53 Å². The second-order valence-corrected chi connectivity index (χ2v) is 4.03. The Hall–Kier alpha value is -1.81. The second kappa shape index (κ2) is 6.95. The number of benzene rings is 1. The summed E-state index contributed by atoms with van der Waals surface area (Å²) in [7, 11) is 0. The molecule has 0 amide bonds. The maximum absolute atomic E-state index is 11.3. The van der Waals surface area contributed by atoms with Crippen LogP contribution in [0.1, 0.15) is 25.3 Å². The van der Waals surface area contributed by atoms with Crippen LogP contribution in [0.4, 0.5) is 0 Å². The van der Waals surface area contributed by atoms with E-state index in [2.05, 4.69) is 4.98 Å². The first-order valence-corrected chi connectivity index (χ1v) is 6.02. The molecule has 0 spiro atoms. The number of hydrogen-bond acceptors (Lipinski definition) is 3. The lowest BCUT2D eigenvalue weighted by Crippen LogP contribution is -2.07. The third-order valence-corrected chi connectivity index (χ3v) is 2.80. The summed E-state index contributed by atoms with van der Waals surface area (Å²) in [4.78, 5) is 14.4. The van der Waals surface area contributed by atoms with E-state index in [1.165, 1.54) is 0 Å². The smallest absolute Gasteiger partial charge is 0.306 e. The number of aromatic amines is 1. The topological polar surface area (TPSA) is 65.9 Å². The molecule has 1 aromatic heterocycles. The van der Waals surface area contributed by atoms with Crippen LogP contribution in [0.25, 0.3) is 10.9 Å². The number of rotatable bonds is 5. The standard InChI is InChI=1S/C14H16N2O2.ClH/c1-2-18-14(17)8-7-12(15)11-9-16-13-6-4-3-5-10(11)13;/h3-6,9,15-16H,2,7-8H2,1H3;1H. The van der Waals surface area contributed by atoms with Gasteiger partial charge in [-0.05, 0) is 13.0 Å². The van der Waals surface area contributed by atoms with Gasteiger partial charge in [-0.25, -0.2) is 0 Å². The first-order valence-electron chi connectivity index (χ1n) is 6.02. The zero-order valence-corrected chi connectivity index (χ0v) is 11.5. The predicted molar refractivity (Wildman–Crippen MR) is 78.2 cm³/mol. The van der Waals surface area contributed by atoms with E-state index in [0.29, 0.717) is 18.7 Å². The molecule has 19 heavy (non-hydrogen) atoms. The highest BCUT2D eigenvalue weighted by atomic mass is 35.5. The van der Waals surface area contributed by atoms with E-state index in [1.807, 2.05) is 30.5 Å². The van der Waals surface area contributed by atoms with Crippen LogP contribution < -0.4 is 0 Å². The number of carbonyl (C=O) groups is 1. The average molecular weight is 281 g/mol. The van der Waals surface area contributed by atoms with Gasteiger partial charge in [-0.1, -0.05) is 18.2 Å². The van der Waals surface area contributed by atoms with Gasteiger partial charge in [0.1, 0.15) is 0 Å². The maximum Gasteiger partial charge on any atom is 0.306 e. The first-order chi connectivity index (χ1) is 8.72. The number of esters is 1. The van der Waals surface area contributed by atoms with Crippen molar-refractivity contribution in [2.75, 3.05) is 6.61 Å². The number of ether oxygens (including phenoxy) is 1. The van der Waals surface area contributed by atoms with E-state index >= 15 is 0 Å². The van der Waals surface area contributed by atoms with E-state index in [1.54, 1.807) is 6.92 Å². The Morgan fingerprint density at radius 2 is 2.05 bits per heavy atom. The van der Waals surface area contributed by atoms with Crippen molar-refractivity contribution in [3.63, 3.8) is 0 Å². The highest BCUT2D eigenvalue weighted by Gasteiger charge is 2.10. The summed E-state index contributed by atoms with van der Waals surface area (Å²) in [5, 5.41) is 9.05. The summed E-state index contributed by atoms with van der Waals surface area (Å²) >= 11 is 0. The minimum atomic E-state index is -0.248. The van der Waals surface area contributed by atoms with Gasteiger partial charge in [0, 0.05) is 34.8 Å². The van der Waals surface area contributed by atoms with Crippen molar-refractivity contribution in [1.82, 2.24) is 4.98 Å². The zero-order chi connectivity index (χ0) is 13.0. The van der Waals surface area contributed by atoms with Crippen LogP contribution in [-0.2, 0) is 9.53 Å². The average Bonchev–Trinajstić information content (AvgIpc) is 2.80. The molecule has 2 rings (SSSR count). The lowest BCUT2D eigenvalue weighted by Gasteiger charge is -2.03. The Kier molecular flexibility index (Phi) is 5.57. The Morgan fingerprint density at radius 1 is 1.32 bits per heavy atom. The molecule has 2 aromatic rings. The molecule has 0 aliphatic heterocycles. The molecule has 0 aliphatic rings. The molecular weight excluding hydrogens is 264 g/mol. The highest BCUT2D eigenvalue weighted by Crippen LogP contribution is 2.19. The molecule has 0 bridgehead atoms. The van der Waals surface area contributed by atoms with E-state index in [-0.39, 0.29) is 24.8 Å². The Balaban J connectivity index is 0.00000180. The number of nitrogens with one attached hydrogen (secondary N) is 2. The van der Waals surface area contributed by atoms with E-state index in [0.717, 1.165) is 16.5 Å². The van der Waals surface area contributed by atoms with Crippen molar-refractivity contribution in [3.8, 4) is 0 Å². The van der Waals surface area contributed by atoms with Crippen molar-refractivity contribution in [3.05, 3.63) is 36.0 Å². The number of halogens is 1. The van der Waals surface area contributed by atoms with Crippen molar-refractivity contribution >= 4 is 35.0 Å². The van der Waals surface area contributed by atoms with Crippen LogP contribution >= 0.6 is 12.4 Å². The summed E-state index contributed by atoms with van der Waals surface area (Å²) in [6.45, 7) is 2.17. The minimum Gasteiger partial charge on any atom is -0.466 e. The maximum atomic E-state index is 11.3. The fourth-order valence-electron chi connectivity index (χ4n) is 1.92. The van der Waals surface area contributed by atoms with Gasteiger partial charge in [-0.15, -0.1) is 12.4 Å². The van der Waals surface area contributed by atoms with Gasteiger partial charge < -0.3 is 15.1 Å². The van der Waals surface area contributed by atoms with Crippen LogP contribution in [0.15, 0.2) is 30.5 Å². The quantitative estimate of drug-likeness (QED) is 0.652. The van der Waals surface area contributed by atoms with Gasteiger partial charge in [0.25, 0.3) is 0 Å². The molecule has 0 atom stereocenters. The first kappa shape index (κ1) is 15.2. The Morgan fingerprint density at radius 3 is 2.79 bits per heavy atom. The molecule has 4 nitrogen and oxygen atoms in total. The van der Waals surface area contributed by atoms with Crippen LogP contribution in [-0.4, -0.2) is 23.3 Å². The molecule has 5 heteroatoms. The fourth-order valence-corrected chi connectivity index (χ4v) is 1.92. The van der Waals surface area contributed by atoms with Gasteiger partial charge in [0.15, 0.2) is 0 Å². The van der Waals surface area contributed by atoms with E-state index in [4.69, 9.17) is 10.1 Å². The molecular formula is C14H17ClN2O2. The molecule has 0 radical (unpaired) electrons. The van der Waals surface area contributed by atoms with Crippen LogP contribution in [0.2, 0.25) is 0 Å². The zero-order valence-electron chi connectivity index (χ0n) is 10.7. The van der Waals surface area contributed by atoms with Gasteiger partial charge in [-0.2, -0.15) is 0 Å². The van der Waals surface area contributed by atoms with Gasteiger partial charge in [0.05, 0.1) is 13.0 Å². The number of fused-ring (bicyclic) bond motifs is 1. The van der Waals surface area contributed by atoms with Crippen LogP contribution in [0.5, 0.6) is 0 Å². The predicted octanol–water partition coefficient (Wildman–Crippen LogP) is 3.30. The summed E-state index contributed by atoms with van der Waals surface area (Å²) in [6.07, 6.45) is 2.48. The van der Waals surface area contributed by atoms with Crippen molar-refractivity contribution in [2.45, 2.75) is 19.8 Å². The van der Waals surface area contributed by atoms with Crippen LogP contribution in [0.3, 0.4) is 0 Å². The summed E-state index contributed by atoms with van der Waals surface area (Å²) < 4.78 is 4.85. The molecule has 0 saturated carbocycles. The van der Waals surface area contributed by atoms with Crippen molar-refractivity contribution in [2.24, 2.45) is 0 Å². The SMILES string of the molecule is CCOC(=O)CCC(=N)c1c[nH]c2ccccc12.Cl. The molecule has 1 aromatic carbocycles. The molecule has 0 aliphatic carbocycles. The fraction of sp³-hybridized carbons (Fsp3) is 0.286. The van der Waals surface area contributed by atoms with E-state index < -0.39 is 0 Å². The number of H-pyrrole nitrogens is 1. The third-order valence-electron chi connectivity index (χ3n) is 2.80. The monoisotopic (exact) mass is 280 g/mol. The normalized spacial score (nSPS) is 9.95. The number of para-hydroxylation sites is 1. The highest BCUT2D eigenvalue weighted by molar-refractivity contribution is 6.09. The van der Waals surface area contributed by atoms with E-state index in [9.17, 15) is 4.79 Å². The summed E-state index contributed by atoms with van der Waals surface area (Å²) in [5.74, 6) is -0.248. The molecule has 0 unspecified atom stereocenters. The molecule has 102 valence electrons. The minimum absolute atomic E-state index is 0. The summed E-state index contributed by atoms with van der Waals surface area (Å²) in [5.41, 5.74) is 2.32. The van der Waals surface area contributed by atoms with Crippen molar-refractivity contribution in [1.29, 1.82) is 5.41 Å².